The van der Waals surface area contributed by atoms with E-state index in [4.69, 9.17) is 14.2 Å². The van der Waals surface area contributed by atoms with E-state index in [1.807, 2.05) is 66.7 Å². The lowest BCUT2D eigenvalue weighted by Gasteiger charge is -2.13. The summed E-state index contributed by atoms with van der Waals surface area (Å²) in [7, 11) is 3.06. The fourth-order valence-electron chi connectivity index (χ4n) is 2.88. The van der Waals surface area contributed by atoms with Crippen molar-refractivity contribution in [3.05, 3.63) is 94.0 Å². The highest BCUT2D eigenvalue weighted by Crippen LogP contribution is 2.28. The maximum Gasteiger partial charge on any atom is 0.273 e. The van der Waals surface area contributed by atoms with E-state index >= 15 is 0 Å². The third kappa shape index (κ3) is 6.41. The highest BCUT2D eigenvalue weighted by Gasteiger charge is 2.19. The standard InChI is InChI=1S/C24H23BrN2O4/c1-29-22-14-18(10-13-21(22)31-16-17-8-11-20(25)12-9-17)15-26-27-24(28)23(30-2)19-6-4-3-5-7-19/h3-15,23H,16H2,1-2H3,(H,27,28)/t23-/m1/s1. The van der Waals surface area contributed by atoms with Crippen LogP contribution in [0.25, 0.3) is 0 Å². The van der Waals surface area contributed by atoms with Crippen LogP contribution in [0, 0.1) is 0 Å². The highest BCUT2D eigenvalue weighted by atomic mass is 79.9. The van der Waals surface area contributed by atoms with Crippen LogP contribution < -0.4 is 14.9 Å². The lowest BCUT2D eigenvalue weighted by atomic mass is 10.1. The molecule has 160 valence electrons. The molecule has 7 heteroatoms. The Labute approximate surface area is 190 Å². The monoisotopic (exact) mass is 482 g/mol. The van der Waals surface area contributed by atoms with Gasteiger partial charge in [0.25, 0.3) is 5.91 Å². The zero-order chi connectivity index (χ0) is 22.1. The summed E-state index contributed by atoms with van der Waals surface area (Å²) in [6.45, 7) is 0.422. The number of rotatable bonds is 9. The Bertz CT molecular complexity index is 1020. The van der Waals surface area contributed by atoms with Crippen LogP contribution in [0.5, 0.6) is 11.5 Å². The van der Waals surface area contributed by atoms with Crippen LogP contribution in [0.3, 0.4) is 0 Å². The number of nitrogens with one attached hydrogen (secondary N) is 1. The van der Waals surface area contributed by atoms with Gasteiger partial charge in [-0.25, -0.2) is 5.43 Å². The maximum atomic E-state index is 12.4. The number of benzene rings is 3. The van der Waals surface area contributed by atoms with Gasteiger partial charge in [0.15, 0.2) is 17.6 Å². The molecule has 0 unspecified atom stereocenters. The second-order valence-corrected chi connectivity index (χ2v) is 7.50. The first-order chi connectivity index (χ1) is 15.1. The molecular formula is C24H23BrN2O4. The van der Waals surface area contributed by atoms with Crippen molar-refractivity contribution in [1.82, 2.24) is 5.43 Å². The van der Waals surface area contributed by atoms with Crippen LogP contribution in [0.2, 0.25) is 0 Å². The van der Waals surface area contributed by atoms with Crippen LogP contribution >= 0.6 is 15.9 Å². The molecule has 0 aliphatic rings. The number of hydrazone groups is 1. The third-order valence-corrected chi connectivity index (χ3v) is 4.99. The molecule has 0 saturated carbocycles. The summed E-state index contributed by atoms with van der Waals surface area (Å²) in [5, 5.41) is 4.04. The van der Waals surface area contributed by atoms with Crippen LogP contribution in [0.4, 0.5) is 0 Å². The fraction of sp³-hybridized carbons (Fsp3) is 0.167. The second kappa shape index (κ2) is 11.3. The summed E-state index contributed by atoms with van der Waals surface area (Å²) in [6, 6.07) is 22.6. The number of hydrogen-bond donors (Lipinski definition) is 1. The molecule has 0 spiro atoms. The smallest absolute Gasteiger partial charge is 0.273 e. The summed E-state index contributed by atoms with van der Waals surface area (Å²) in [4.78, 5) is 12.4. The molecule has 0 heterocycles. The molecule has 0 saturated heterocycles. The number of amides is 1. The van der Waals surface area contributed by atoms with Gasteiger partial charge in [0.1, 0.15) is 6.61 Å². The number of ether oxygens (including phenoxy) is 3. The van der Waals surface area contributed by atoms with Gasteiger partial charge in [-0.15, -0.1) is 0 Å². The first-order valence-corrected chi connectivity index (χ1v) is 10.4. The van der Waals surface area contributed by atoms with Crippen molar-refractivity contribution in [2.45, 2.75) is 12.7 Å². The number of methoxy groups -OCH3 is 2. The van der Waals surface area contributed by atoms with Crippen molar-refractivity contribution in [1.29, 1.82) is 0 Å². The molecule has 0 radical (unpaired) electrons. The summed E-state index contributed by atoms with van der Waals surface area (Å²) in [5.41, 5.74) is 5.07. The van der Waals surface area contributed by atoms with E-state index in [-0.39, 0.29) is 5.91 Å². The Hall–Kier alpha value is -3.16. The highest BCUT2D eigenvalue weighted by molar-refractivity contribution is 9.10. The van der Waals surface area contributed by atoms with Crippen molar-refractivity contribution < 1.29 is 19.0 Å². The van der Waals surface area contributed by atoms with Gasteiger partial charge in [0.05, 0.1) is 13.3 Å². The summed E-state index contributed by atoms with van der Waals surface area (Å²) in [6.07, 6.45) is 0.804. The van der Waals surface area contributed by atoms with Gasteiger partial charge in [0, 0.05) is 11.6 Å². The molecule has 0 fully saturated rings. The first kappa shape index (κ1) is 22.5. The van der Waals surface area contributed by atoms with Gasteiger partial charge in [-0.2, -0.15) is 5.10 Å². The second-order valence-electron chi connectivity index (χ2n) is 6.59. The Morgan fingerprint density at radius 2 is 1.77 bits per heavy atom. The Balaban J connectivity index is 1.61. The average molecular weight is 483 g/mol. The van der Waals surface area contributed by atoms with Crippen LogP contribution in [-0.2, 0) is 16.1 Å². The normalized spacial score (nSPS) is 11.8. The van der Waals surface area contributed by atoms with E-state index in [0.29, 0.717) is 18.1 Å². The predicted molar refractivity (Wildman–Crippen MR) is 123 cm³/mol. The van der Waals surface area contributed by atoms with Crippen molar-refractivity contribution >= 4 is 28.1 Å². The van der Waals surface area contributed by atoms with E-state index in [0.717, 1.165) is 21.2 Å². The Kier molecular flexibility index (Phi) is 8.20. The number of carbonyl (C=O) groups excluding carboxylic acids is 1. The third-order valence-electron chi connectivity index (χ3n) is 4.46. The lowest BCUT2D eigenvalue weighted by Crippen LogP contribution is -2.26. The average Bonchev–Trinajstić information content (AvgIpc) is 2.80. The number of nitrogens with zero attached hydrogens (tertiary/aromatic N) is 1. The molecule has 31 heavy (non-hydrogen) atoms. The maximum absolute atomic E-state index is 12.4. The van der Waals surface area contributed by atoms with Crippen molar-refractivity contribution in [3.63, 3.8) is 0 Å². The minimum absolute atomic E-state index is 0.355. The van der Waals surface area contributed by atoms with E-state index in [2.05, 4.69) is 26.5 Å². The SMILES string of the molecule is COc1cc(C=NNC(=O)[C@H](OC)c2ccccc2)ccc1OCc1ccc(Br)cc1. The topological polar surface area (TPSA) is 69.2 Å². The van der Waals surface area contributed by atoms with Crippen molar-refractivity contribution in [2.75, 3.05) is 14.2 Å². The molecule has 3 rings (SSSR count). The van der Waals surface area contributed by atoms with E-state index in [1.54, 1.807) is 13.2 Å². The fourth-order valence-corrected chi connectivity index (χ4v) is 3.14. The molecule has 0 aliphatic heterocycles. The Morgan fingerprint density at radius 1 is 1.03 bits per heavy atom. The zero-order valence-electron chi connectivity index (χ0n) is 17.2. The molecule has 3 aromatic rings. The van der Waals surface area contributed by atoms with E-state index in [9.17, 15) is 4.79 Å². The molecule has 0 bridgehead atoms. The van der Waals surface area contributed by atoms with Crippen molar-refractivity contribution in [2.24, 2.45) is 5.10 Å². The van der Waals surface area contributed by atoms with Gasteiger partial charge in [-0.1, -0.05) is 58.4 Å². The molecule has 1 atom stereocenters. The van der Waals surface area contributed by atoms with Gasteiger partial charge < -0.3 is 14.2 Å². The van der Waals surface area contributed by atoms with Crippen molar-refractivity contribution in [3.8, 4) is 11.5 Å². The first-order valence-electron chi connectivity index (χ1n) is 9.56. The largest absolute Gasteiger partial charge is 0.493 e. The minimum Gasteiger partial charge on any atom is -0.493 e. The molecule has 0 aliphatic carbocycles. The molecule has 6 nitrogen and oxygen atoms in total. The number of hydrogen-bond acceptors (Lipinski definition) is 5. The summed E-state index contributed by atoms with van der Waals surface area (Å²) < 4.78 is 17.6. The predicted octanol–water partition coefficient (Wildman–Crippen LogP) is 4.87. The van der Waals surface area contributed by atoms with Crippen LogP contribution in [0.15, 0.2) is 82.4 Å². The number of halogens is 1. The number of carbonyl (C=O) groups is 1. The van der Waals surface area contributed by atoms with Crippen LogP contribution in [-0.4, -0.2) is 26.3 Å². The lowest BCUT2D eigenvalue weighted by molar-refractivity contribution is -0.131. The zero-order valence-corrected chi connectivity index (χ0v) is 18.8. The van der Waals surface area contributed by atoms with Gasteiger partial charge in [-0.05, 0) is 47.0 Å². The minimum atomic E-state index is -0.734. The molecule has 0 aromatic heterocycles. The molecular weight excluding hydrogens is 460 g/mol. The molecule has 1 amide bonds. The summed E-state index contributed by atoms with van der Waals surface area (Å²) >= 11 is 3.42. The quantitative estimate of drug-likeness (QED) is 0.348. The van der Waals surface area contributed by atoms with Gasteiger partial charge in [0.2, 0.25) is 0 Å². The van der Waals surface area contributed by atoms with Gasteiger partial charge in [-0.3, -0.25) is 4.79 Å². The molecule has 1 N–H and O–H groups in total. The van der Waals surface area contributed by atoms with Crippen LogP contribution in [0.1, 0.15) is 22.8 Å². The molecule has 3 aromatic carbocycles. The Morgan fingerprint density at radius 3 is 2.45 bits per heavy atom. The van der Waals surface area contributed by atoms with E-state index in [1.165, 1.54) is 13.3 Å². The van der Waals surface area contributed by atoms with Gasteiger partial charge >= 0.3 is 0 Å². The van der Waals surface area contributed by atoms with E-state index < -0.39 is 6.10 Å². The summed E-state index contributed by atoms with van der Waals surface area (Å²) in [5.74, 6) is 0.841.